The van der Waals surface area contributed by atoms with Crippen LogP contribution in [0, 0.1) is 17.8 Å². The fraction of sp³-hybridized carbons (Fsp3) is 0.500. The van der Waals surface area contributed by atoms with E-state index in [-0.39, 0.29) is 5.56 Å². The van der Waals surface area contributed by atoms with Crippen LogP contribution in [0.25, 0.3) is 10.9 Å². The molecule has 4 N–H and O–H groups in total. The van der Waals surface area contributed by atoms with Gasteiger partial charge in [0.2, 0.25) is 0 Å². The van der Waals surface area contributed by atoms with Crippen LogP contribution in [0.4, 0.5) is 11.4 Å². The van der Waals surface area contributed by atoms with Gasteiger partial charge in [-0.25, -0.2) is 4.98 Å². The SMILES string of the molecule is CC(C)C(CNc1cc2nc[nH]c(=O)c2cc1N)C(C)C. The van der Waals surface area contributed by atoms with Crippen molar-refractivity contribution < 1.29 is 0 Å². The maximum atomic E-state index is 11.7. The molecule has 114 valence electrons. The number of hydrogen-bond donors (Lipinski definition) is 3. The minimum Gasteiger partial charge on any atom is -0.397 e. The van der Waals surface area contributed by atoms with Gasteiger partial charge in [-0.3, -0.25) is 4.79 Å². The van der Waals surface area contributed by atoms with Crippen molar-refractivity contribution >= 4 is 22.3 Å². The normalized spacial score (nSPS) is 11.8. The summed E-state index contributed by atoms with van der Waals surface area (Å²) in [7, 11) is 0. The summed E-state index contributed by atoms with van der Waals surface area (Å²) < 4.78 is 0. The first-order valence-electron chi connectivity index (χ1n) is 7.41. The summed E-state index contributed by atoms with van der Waals surface area (Å²) in [6.07, 6.45) is 1.41. The number of nitrogens with two attached hydrogens (primary N) is 1. The molecular weight excluding hydrogens is 264 g/mol. The molecule has 0 aliphatic rings. The summed E-state index contributed by atoms with van der Waals surface area (Å²) >= 11 is 0. The Hall–Kier alpha value is -2.04. The summed E-state index contributed by atoms with van der Waals surface area (Å²) in [4.78, 5) is 18.5. The minimum absolute atomic E-state index is 0.166. The molecule has 1 aromatic carbocycles. The highest BCUT2D eigenvalue weighted by Crippen LogP contribution is 2.26. The maximum absolute atomic E-state index is 11.7. The maximum Gasteiger partial charge on any atom is 0.258 e. The Bertz CT molecular complexity index is 668. The van der Waals surface area contributed by atoms with Crippen molar-refractivity contribution in [1.82, 2.24) is 9.97 Å². The lowest BCUT2D eigenvalue weighted by atomic mass is 9.85. The first-order valence-corrected chi connectivity index (χ1v) is 7.41. The Kier molecular flexibility index (Phi) is 4.50. The topological polar surface area (TPSA) is 83.8 Å². The van der Waals surface area contributed by atoms with E-state index >= 15 is 0 Å². The summed E-state index contributed by atoms with van der Waals surface area (Å²) in [5.74, 6) is 1.76. The summed E-state index contributed by atoms with van der Waals surface area (Å²) in [5.41, 5.74) is 7.95. The van der Waals surface area contributed by atoms with Gasteiger partial charge in [-0.2, -0.15) is 0 Å². The molecule has 0 saturated carbocycles. The number of anilines is 2. The summed E-state index contributed by atoms with van der Waals surface area (Å²) in [5, 5.41) is 3.93. The molecular formula is C16H24N4O. The predicted molar refractivity (Wildman–Crippen MR) is 88.4 cm³/mol. The van der Waals surface area contributed by atoms with E-state index in [2.05, 4.69) is 43.0 Å². The van der Waals surface area contributed by atoms with E-state index in [1.165, 1.54) is 6.33 Å². The van der Waals surface area contributed by atoms with Crippen molar-refractivity contribution in [2.24, 2.45) is 17.8 Å². The zero-order valence-corrected chi connectivity index (χ0v) is 13.1. The van der Waals surface area contributed by atoms with Crippen LogP contribution in [0.3, 0.4) is 0 Å². The van der Waals surface area contributed by atoms with Crippen LogP contribution in [-0.2, 0) is 0 Å². The second-order valence-corrected chi connectivity index (χ2v) is 6.22. The lowest BCUT2D eigenvalue weighted by Gasteiger charge is -2.26. The van der Waals surface area contributed by atoms with Crippen LogP contribution in [0.1, 0.15) is 27.7 Å². The summed E-state index contributed by atoms with van der Waals surface area (Å²) in [6, 6.07) is 3.53. The van der Waals surface area contributed by atoms with Crippen LogP contribution in [-0.4, -0.2) is 16.5 Å². The zero-order valence-electron chi connectivity index (χ0n) is 13.1. The van der Waals surface area contributed by atoms with Crippen LogP contribution < -0.4 is 16.6 Å². The number of nitrogens with one attached hydrogen (secondary N) is 2. The van der Waals surface area contributed by atoms with Crippen molar-refractivity contribution in [2.45, 2.75) is 27.7 Å². The molecule has 5 nitrogen and oxygen atoms in total. The number of aromatic nitrogens is 2. The molecule has 0 amide bonds. The molecule has 2 rings (SSSR count). The molecule has 1 aromatic heterocycles. The molecule has 1 heterocycles. The lowest BCUT2D eigenvalue weighted by Crippen LogP contribution is -2.24. The van der Waals surface area contributed by atoms with Crippen LogP contribution >= 0.6 is 0 Å². The molecule has 0 fully saturated rings. The third-order valence-electron chi connectivity index (χ3n) is 4.05. The van der Waals surface area contributed by atoms with Crippen molar-refractivity contribution in [3.8, 4) is 0 Å². The quantitative estimate of drug-likeness (QED) is 0.739. The van der Waals surface area contributed by atoms with Gasteiger partial charge in [-0.15, -0.1) is 0 Å². The van der Waals surface area contributed by atoms with Gasteiger partial charge in [0, 0.05) is 6.54 Å². The smallest absolute Gasteiger partial charge is 0.258 e. The number of rotatable bonds is 5. The predicted octanol–water partition coefficient (Wildman–Crippen LogP) is 2.85. The van der Waals surface area contributed by atoms with Crippen molar-refractivity contribution in [2.75, 3.05) is 17.6 Å². The molecule has 5 heteroatoms. The molecule has 0 saturated heterocycles. The van der Waals surface area contributed by atoms with E-state index in [1.807, 2.05) is 6.07 Å². The second kappa shape index (κ2) is 6.16. The highest BCUT2D eigenvalue weighted by Gasteiger charge is 2.17. The van der Waals surface area contributed by atoms with Crippen LogP contribution in [0.15, 0.2) is 23.3 Å². The highest BCUT2D eigenvalue weighted by molar-refractivity contribution is 5.88. The van der Waals surface area contributed by atoms with Gasteiger partial charge in [0.15, 0.2) is 0 Å². The molecule has 2 aromatic rings. The Morgan fingerprint density at radius 1 is 1.24 bits per heavy atom. The third-order valence-corrected chi connectivity index (χ3v) is 4.05. The Balaban J connectivity index is 2.27. The largest absolute Gasteiger partial charge is 0.397 e. The van der Waals surface area contributed by atoms with Gasteiger partial charge in [-0.05, 0) is 29.9 Å². The number of hydrogen-bond acceptors (Lipinski definition) is 4. The van der Waals surface area contributed by atoms with E-state index < -0.39 is 0 Å². The standard InChI is InChI=1S/C16H24N4O/c1-9(2)12(10(3)4)7-18-15-6-14-11(5-13(15)17)16(21)20-8-19-14/h5-6,8-10,12,18H,7,17H2,1-4H3,(H,19,20,21). The molecule has 0 bridgehead atoms. The van der Waals surface area contributed by atoms with E-state index in [1.54, 1.807) is 6.07 Å². The van der Waals surface area contributed by atoms with Crippen molar-refractivity contribution in [3.63, 3.8) is 0 Å². The van der Waals surface area contributed by atoms with Gasteiger partial charge in [-0.1, -0.05) is 27.7 Å². The molecule has 0 radical (unpaired) electrons. The van der Waals surface area contributed by atoms with E-state index in [4.69, 9.17) is 5.73 Å². The Morgan fingerprint density at radius 2 is 1.90 bits per heavy atom. The first-order chi connectivity index (χ1) is 9.90. The average molecular weight is 288 g/mol. The molecule has 21 heavy (non-hydrogen) atoms. The average Bonchev–Trinajstić information content (AvgIpc) is 2.40. The van der Waals surface area contributed by atoms with E-state index in [0.29, 0.717) is 34.3 Å². The van der Waals surface area contributed by atoms with Gasteiger partial charge in [0.1, 0.15) is 0 Å². The monoisotopic (exact) mass is 288 g/mol. The van der Waals surface area contributed by atoms with Gasteiger partial charge >= 0.3 is 0 Å². The van der Waals surface area contributed by atoms with Crippen molar-refractivity contribution in [3.05, 3.63) is 28.8 Å². The minimum atomic E-state index is -0.166. The fourth-order valence-electron chi connectivity index (χ4n) is 2.75. The van der Waals surface area contributed by atoms with E-state index in [9.17, 15) is 4.79 Å². The Morgan fingerprint density at radius 3 is 2.52 bits per heavy atom. The second-order valence-electron chi connectivity index (χ2n) is 6.22. The lowest BCUT2D eigenvalue weighted by molar-refractivity contribution is 0.304. The molecule has 0 unspecified atom stereocenters. The van der Waals surface area contributed by atoms with Gasteiger partial charge in [0.25, 0.3) is 5.56 Å². The van der Waals surface area contributed by atoms with Crippen LogP contribution in [0.5, 0.6) is 0 Å². The fourth-order valence-corrected chi connectivity index (χ4v) is 2.75. The number of aromatic amines is 1. The summed E-state index contributed by atoms with van der Waals surface area (Å²) in [6.45, 7) is 9.79. The Labute approximate surface area is 125 Å². The zero-order chi connectivity index (χ0) is 15.6. The number of H-pyrrole nitrogens is 1. The van der Waals surface area contributed by atoms with E-state index in [0.717, 1.165) is 12.2 Å². The highest BCUT2D eigenvalue weighted by atomic mass is 16.1. The molecule has 0 atom stereocenters. The molecule has 0 aliphatic carbocycles. The van der Waals surface area contributed by atoms with Gasteiger partial charge < -0.3 is 16.0 Å². The van der Waals surface area contributed by atoms with Crippen molar-refractivity contribution in [1.29, 1.82) is 0 Å². The number of fused-ring (bicyclic) bond motifs is 1. The number of nitrogen functional groups attached to an aromatic ring is 1. The van der Waals surface area contributed by atoms with Gasteiger partial charge in [0.05, 0.1) is 28.6 Å². The first kappa shape index (κ1) is 15.4. The third kappa shape index (κ3) is 3.35. The molecule has 0 aliphatic heterocycles. The number of nitrogens with zero attached hydrogens (tertiary/aromatic N) is 1. The number of benzene rings is 1. The van der Waals surface area contributed by atoms with Crippen LogP contribution in [0.2, 0.25) is 0 Å². The molecule has 0 spiro atoms.